The molecule has 1 aliphatic rings. The van der Waals surface area contributed by atoms with Gasteiger partial charge in [0.25, 0.3) is 5.91 Å². The van der Waals surface area contributed by atoms with Gasteiger partial charge in [0.1, 0.15) is 6.54 Å². The second kappa shape index (κ2) is 9.56. The number of rotatable bonds is 6. The number of aryl methyl sites for hydroxylation is 2. The Labute approximate surface area is 172 Å². The standard InChI is InChI=1S/C23H29N3O3/c1-4-25(23(28)21-10-5-17(2)15-18(21)3)16-22(27)24-19-6-8-20(9-7-19)26-11-13-29-14-12-26/h5-10,15H,4,11-14,16H2,1-3H3,(H,24,27). The van der Waals surface area contributed by atoms with Crippen LogP contribution in [0.3, 0.4) is 0 Å². The zero-order valence-corrected chi connectivity index (χ0v) is 17.4. The van der Waals surface area contributed by atoms with Gasteiger partial charge in [-0.15, -0.1) is 0 Å². The van der Waals surface area contributed by atoms with E-state index < -0.39 is 0 Å². The van der Waals surface area contributed by atoms with Crippen LogP contribution in [0.15, 0.2) is 42.5 Å². The summed E-state index contributed by atoms with van der Waals surface area (Å²) in [5.41, 5.74) is 4.52. The predicted molar refractivity (Wildman–Crippen MR) is 116 cm³/mol. The molecule has 6 nitrogen and oxygen atoms in total. The molecule has 2 aromatic carbocycles. The number of carbonyl (C=O) groups excluding carboxylic acids is 2. The van der Waals surface area contributed by atoms with Gasteiger partial charge in [0, 0.05) is 36.6 Å². The van der Waals surface area contributed by atoms with E-state index in [4.69, 9.17) is 4.74 Å². The first-order chi connectivity index (χ1) is 14.0. The van der Waals surface area contributed by atoms with Crippen LogP contribution < -0.4 is 10.2 Å². The lowest BCUT2D eigenvalue weighted by Gasteiger charge is -2.29. The molecule has 0 spiro atoms. The first-order valence-corrected chi connectivity index (χ1v) is 10.1. The van der Waals surface area contributed by atoms with Crippen molar-refractivity contribution in [2.75, 3.05) is 49.6 Å². The van der Waals surface area contributed by atoms with Gasteiger partial charge in [-0.05, 0) is 56.7 Å². The van der Waals surface area contributed by atoms with Crippen molar-refractivity contribution in [2.45, 2.75) is 20.8 Å². The molecule has 0 aromatic heterocycles. The van der Waals surface area contributed by atoms with Crippen LogP contribution in [0.2, 0.25) is 0 Å². The summed E-state index contributed by atoms with van der Waals surface area (Å²) in [6, 6.07) is 13.5. The fraction of sp³-hybridized carbons (Fsp3) is 0.391. The van der Waals surface area contributed by atoms with Gasteiger partial charge in [-0.3, -0.25) is 9.59 Å². The number of morpholine rings is 1. The SMILES string of the molecule is CCN(CC(=O)Nc1ccc(N2CCOCC2)cc1)C(=O)c1ccc(C)cc1C. The van der Waals surface area contributed by atoms with Crippen LogP contribution >= 0.6 is 0 Å². The Hall–Kier alpha value is -2.86. The minimum atomic E-state index is -0.205. The minimum Gasteiger partial charge on any atom is -0.378 e. The number of benzene rings is 2. The van der Waals surface area contributed by atoms with Gasteiger partial charge in [-0.25, -0.2) is 0 Å². The summed E-state index contributed by atoms with van der Waals surface area (Å²) in [5, 5.41) is 2.89. The molecule has 1 saturated heterocycles. The Morgan fingerprint density at radius 3 is 2.38 bits per heavy atom. The van der Waals surface area contributed by atoms with Crippen LogP contribution in [-0.4, -0.2) is 56.1 Å². The Kier molecular flexibility index (Phi) is 6.88. The average molecular weight is 396 g/mol. The topological polar surface area (TPSA) is 61.9 Å². The molecule has 2 amide bonds. The summed E-state index contributed by atoms with van der Waals surface area (Å²) in [7, 11) is 0. The highest BCUT2D eigenvalue weighted by atomic mass is 16.5. The number of anilines is 2. The van der Waals surface area contributed by atoms with Crippen LogP contribution in [0.1, 0.15) is 28.4 Å². The van der Waals surface area contributed by atoms with Gasteiger partial charge in [-0.2, -0.15) is 0 Å². The van der Waals surface area contributed by atoms with Gasteiger partial charge in [0.05, 0.1) is 13.2 Å². The van der Waals surface area contributed by atoms with Crippen molar-refractivity contribution in [3.05, 3.63) is 59.2 Å². The van der Waals surface area contributed by atoms with Crippen molar-refractivity contribution >= 4 is 23.2 Å². The van der Waals surface area contributed by atoms with Crippen LogP contribution in [-0.2, 0) is 9.53 Å². The van der Waals surface area contributed by atoms with Gasteiger partial charge < -0.3 is 19.9 Å². The number of nitrogens with one attached hydrogen (secondary N) is 1. The van der Waals surface area contributed by atoms with E-state index in [1.165, 1.54) is 0 Å². The van der Waals surface area contributed by atoms with Crippen molar-refractivity contribution in [2.24, 2.45) is 0 Å². The number of likely N-dealkylation sites (N-methyl/N-ethyl adjacent to an activating group) is 1. The highest BCUT2D eigenvalue weighted by Gasteiger charge is 2.19. The Balaban J connectivity index is 1.60. The normalized spacial score (nSPS) is 13.8. The van der Waals surface area contributed by atoms with E-state index >= 15 is 0 Å². The molecule has 1 aliphatic heterocycles. The zero-order chi connectivity index (χ0) is 20.8. The molecule has 6 heteroatoms. The largest absolute Gasteiger partial charge is 0.378 e. The van der Waals surface area contributed by atoms with Crippen molar-refractivity contribution < 1.29 is 14.3 Å². The summed E-state index contributed by atoms with van der Waals surface area (Å²) in [5.74, 6) is -0.327. The molecule has 1 heterocycles. The lowest BCUT2D eigenvalue weighted by atomic mass is 10.0. The molecular formula is C23H29N3O3. The number of carbonyl (C=O) groups is 2. The van der Waals surface area contributed by atoms with Crippen molar-refractivity contribution in [1.29, 1.82) is 0 Å². The summed E-state index contributed by atoms with van der Waals surface area (Å²) < 4.78 is 5.38. The molecule has 0 unspecified atom stereocenters. The van der Waals surface area contributed by atoms with Gasteiger partial charge >= 0.3 is 0 Å². The van der Waals surface area contributed by atoms with Crippen LogP contribution in [0.25, 0.3) is 0 Å². The fourth-order valence-electron chi connectivity index (χ4n) is 3.50. The molecule has 2 aromatic rings. The monoisotopic (exact) mass is 395 g/mol. The number of hydrogen-bond acceptors (Lipinski definition) is 4. The van der Waals surface area contributed by atoms with Crippen molar-refractivity contribution in [3.8, 4) is 0 Å². The number of ether oxygens (including phenoxy) is 1. The molecule has 0 bridgehead atoms. The second-order valence-electron chi connectivity index (χ2n) is 7.33. The predicted octanol–water partition coefficient (Wildman–Crippen LogP) is 3.24. The maximum Gasteiger partial charge on any atom is 0.254 e. The third kappa shape index (κ3) is 5.35. The number of hydrogen-bond donors (Lipinski definition) is 1. The lowest BCUT2D eigenvalue weighted by Crippen LogP contribution is -2.38. The first kappa shape index (κ1) is 20.9. The molecule has 0 atom stereocenters. The Morgan fingerprint density at radius 1 is 1.07 bits per heavy atom. The first-order valence-electron chi connectivity index (χ1n) is 10.1. The van der Waals surface area contributed by atoms with E-state index in [2.05, 4.69) is 10.2 Å². The summed E-state index contributed by atoms with van der Waals surface area (Å²) in [4.78, 5) is 29.2. The second-order valence-corrected chi connectivity index (χ2v) is 7.33. The highest BCUT2D eigenvalue weighted by Crippen LogP contribution is 2.19. The Morgan fingerprint density at radius 2 is 1.76 bits per heavy atom. The summed E-state index contributed by atoms with van der Waals surface area (Å²) in [6.07, 6.45) is 0. The van der Waals surface area contributed by atoms with Crippen molar-refractivity contribution in [3.63, 3.8) is 0 Å². The molecule has 154 valence electrons. The van der Waals surface area contributed by atoms with Crippen molar-refractivity contribution in [1.82, 2.24) is 4.90 Å². The molecule has 0 aliphatic carbocycles. The smallest absolute Gasteiger partial charge is 0.254 e. The molecule has 29 heavy (non-hydrogen) atoms. The van der Waals surface area contributed by atoms with E-state index in [9.17, 15) is 9.59 Å². The number of amides is 2. The van der Waals surface area contributed by atoms with E-state index in [0.29, 0.717) is 12.1 Å². The molecule has 3 rings (SSSR count). The van der Waals surface area contributed by atoms with E-state index in [1.807, 2.05) is 63.2 Å². The Bertz CT molecular complexity index is 858. The van der Waals surface area contributed by atoms with Gasteiger partial charge in [0.15, 0.2) is 0 Å². The van der Waals surface area contributed by atoms with E-state index in [0.717, 1.165) is 48.8 Å². The van der Waals surface area contributed by atoms with Gasteiger partial charge in [0.2, 0.25) is 5.91 Å². The maximum absolute atomic E-state index is 12.8. The van der Waals surface area contributed by atoms with E-state index in [-0.39, 0.29) is 18.4 Å². The quantitative estimate of drug-likeness (QED) is 0.816. The molecular weight excluding hydrogens is 366 g/mol. The van der Waals surface area contributed by atoms with E-state index in [1.54, 1.807) is 4.90 Å². The van der Waals surface area contributed by atoms with Gasteiger partial charge in [-0.1, -0.05) is 17.7 Å². The van der Waals surface area contributed by atoms with Crippen LogP contribution in [0.5, 0.6) is 0 Å². The third-order valence-electron chi connectivity index (χ3n) is 5.14. The molecule has 1 fully saturated rings. The third-order valence-corrected chi connectivity index (χ3v) is 5.14. The van der Waals surface area contributed by atoms with Crippen LogP contribution in [0, 0.1) is 13.8 Å². The van der Waals surface area contributed by atoms with Crippen LogP contribution in [0.4, 0.5) is 11.4 Å². The highest BCUT2D eigenvalue weighted by molar-refractivity contribution is 6.00. The summed E-state index contributed by atoms with van der Waals surface area (Å²) >= 11 is 0. The zero-order valence-electron chi connectivity index (χ0n) is 17.4. The lowest BCUT2D eigenvalue weighted by molar-refractivity contribution is -0.116. The fourth-order valence-corrected chi connectivity index (χ4v) is 3.50. The minimum absolute atomic E-state index is 0.0217. The molecule has 0 radical (unpaired) electrons. The number of nitrogens with zero attached hydrogens (tertiary/aromatic N) is 2. The average Bonchev–Trinajstić information content (AvgIpc) is 2.73. The molecule has 1 N–H and O–H groups in total. The summed E-state index contributed by atoms with van der Waals surface area (Å²) in [6.45, 7) is 9.51. The molecule has 0 saturated carbocycles. The maximum atomic E-state index is 12.8.